The third kappa shape index (κ3) is 3.33. The van der Waals surface area contributed by atoms with Gasteiger partial charge in [0.05, 0.1) is 0 Å². The van der Waals surface area contributed by atoms with Crippen LogP contribution in [0.4, 0.5) is 0 Å². The van der Waals surface area contributed by atoms with E-state index in [2.05, 4.69) is 18.2 Å². The van der Waals surface area contributed by atoms with Gasteiger partial charge in [-0.15, -0.1) is 0 Å². The molecule has 2 rings (SSSR count). The maximum atomic E-state index is 11.3. The summed E-state index contributed by atoms with van der Waals surface area (Å²) in [5.74, 6) is 0.975. The van der Waals surface area contributed by atoms with Crippen LogP contribution in [-0.4, -0.2) is 5.78 Å². The zero-order valence-electron chi connectivity index (χ0n) is 9.37. The monoisotopic (exact) mass is 204 g/mol. The molecule has 0 amide bonds. The van der Waals surface area contributed by atoms with Gasteiger partial charge in [0, 0.05) is 12.8 Å². The molecular weight excluding hydrogens is 184 g/mol. The van der Waals surface area contributed by atoms with E-state index >= 15 is 0 Å². The maximum absolute atomic E-state index is 11.3. The van der Waals surface area contributed by atoms with Crippen LogP contribution in [0.3, 0.4) is 0 Å². The van der Waals surface area contributed by atoms with Crippen LogP contribution in [0, 0.1) is 5.92 Å². The summed E-state index contributed by atoms with van der Waals surface area (Å²) in [6.45, 7) is 0. The molecule has 2 aliphatic rings. The first kappa shape index (κ1) is 10.7. The minimum Gasteiger partial charge on any atom is -0.300 e. The zero-order chi connectivity index (χ0) is 10.5. The minimum absolute atomic E-state index is 0.452. The van der Waals surface area contributed by atoms with E-state index in [0.717, 1.165) is 19.3 Å². The molecule has 1 fully saturated rings. The molecule has 82 valence electrons. The molecule has 0 aromatic carbocycles. The Labute approximate surface area is 92.3 Å². The topological polar surface area (TPSA) is 17.1 Å². The number of carbonyl (C=O) groups is 1. The van der Waals surface area contributed by atoms with Gasteiger partial charge in [-0.25, -0.2) is 0 Å². The predicted octanol–water partition coefficient (Wildman–Crippen LogP) is 3.80. The second kappa shape index (κ2) is 5.29. The molecule has 1 atom stereocenters. The lowest BCUT2D eigenvalue weighted by Gasteiger charge is -2.17. The first-order valence-corrected chi connectivity index (χ1v) is 6.23. The summed E-state index contributed by atoms with van der Waals surface area (Å²) in [5.41, 5.74) is 1.49. The molecule has 0 aromatic rings. The van der Waals surface area contributed by atoms with E-state index in [1.807, 2.05) is 0 Å². The van der Waals surface area contributed by atoms with E-state index in [0.29, 0.717) is 11.7 Å². The van der Waals surface area contributed by atoms with Gasteiger partial charge in [-0.2, -0.15) is 0 Å². The number of hydrogen-bond acceptors (Lipinski definition) is 1. The standard InChI is InChI=1S/C14H20O/c15-14-8-4-7-13(11-14)10-9-12-5-2-1-3-6-12/h5,9-10,13H,1-4,6-8,11H2/b10-9+/t13-/m1/s1. The van der Waals surface area contributed by atoms with Crippen LogP contribution >= 0.6 is 0 Å². The van der Waals surface area contributed by atoms with Crippen LogP contribution in [0.25, 0.3) is 0 Å². The average Bonchev–Trinajstić information content (AvgIpc) is 2.28. The molecular formula is C14H20O. The van der Waals surface area contributed by atoms with Crippen LogP contribution in [0.1, 0.15) is 51.4 Å². The lowest BCUT2D eigenvalue weighted by Crippen LogP contribution is -2.12. The molecule has 1 heteroatoms. The highest BCUT2D eigenvalue weighted by Gasteiger charge is 2.16. The molecule has 1 nitrogen and oxygen atoms in total. The molecule has 0 bridgehead atoms. The number of allylic oxidation sites excluding steroid dienone is 4. The van der Waals surface area contributed by atoms with Gasteiger partial charge in [0.2, 0.25) is 0 Å². The summed E-state index contributed by atoms with van der Waals surface area (Å²) in [5, 5.41) is 0. The molecule has 0 N–H and O–H groups in total. The van der Waals surface area contributed by atoms with Gasteiger partial charge in [-0.1, -0.05) is 23.8 Å². The van der Waals surface area contributed by atoms with Gasteiger partial charge in [0.1, 0.15) is 5.78 Å². The highest BCUT2D eigenvalue weighted by Crippen LogP contribution is 2.24. The van der Waals surface area contributed by atoms with E-state index in [1.54, 1.807) is 0 Å². The second-order valence-corrected chi connectivity index (χ2v) is 4.78. The second-order valence-electron chi connectivity index (χ2n) is 4.78. The van der Waals surface area contributed by atoms with Gasteiger partial charge in [-0.3, -0.25) is 4.79 Å². The maximum Gasteiger partial charge on any atom is 0.133 e. The number of carbonyl (C=O) groups excluding carboxylic acids is 1. The average molecular weight is 204 g/mol. The zero-order valence-corrected chi connectivity index (χ0v) is 9.37. The normalized spacial score (nSPS) is 28.1. The van der Waals surface area contributed by atoms with E-state index in [9.17, 15) is 4.79 Å². The minimum atomic E-state index is 0.452. The Kier molecular flexibility index (Phi) is 3.76. The summed E-state index contributed by atoms with van der Waals surface area (Å²) in [6.07, 6.45) is 15.9. The molecule has 0 spiro atoms. The Balaban J connectivity index is 1.86. The molecule has 0 saturated heterocycles. The Bertz CT molecular complexity index is 286. The third-order valence-corrected chi connectivity index (χ3v) is 3.43. The van der Waals surface area contributed by atoms with Crippen molar-refractivity contribution in [2.45, 2.75) is 51.4 Å². The number of ketones is 1. The smallest absolute Gasteiger partial charge is 0.133 e. The van der Waals surface area contributed by atoms with Crippen LogP contribution in [-0.2, 0) is 4.79 Å². The summed E-state index contributed by atoms with van der Waals surface area (Å²) < 4.78 is 0. The van der Waals surface area contributed by atoms with Crippen LogP contribution in [0.15, 0.2) is 23.8 Å². The molecule has 0 aromatic heterocycles. The summed E-state index contributed by atoms with van der Waals surface area (Å²) >= 11 is 0. The number of hydrogen-bond donors (Lipinski definition) is 0. The van der Waals surface area contributed by atoms with Crippen molar-refractivity contribution < 1.29 is 4.79 Å². The van der Waals surface area contributed by atoms with Crippen LogP contribution in [0.2, 0.25) is 0 Å². The van der Waals surface area contributed by atoms with Crippen molar-refractivity contribution >= 4 is 5.78 Å². The van der Waals surface area contributed by atoms with Crippen molar-refractivity contribution in [1.82, 2.24) is 0 Å². The SMILES string of the molecule is O=C1CCC[C@H](/C=C/C2=CCCCC2)C1. The van der Waals surface area contributed by atoms with Crippen molar-refractivity contribution in [3.63, 3.8) is 0 Å². The Hall–Kier alpha value is -0.850. The highest BCUT2D eigenvalue weighted by atomic mass is 16.1. The molecule has 15 heavy (non-hydrogen) atoms. The molecule has 0 unspecified atom stereocenters. The first-order valence-electron chi connectivity index (χ1n) is 6.23. The summed E-state index contributed by atoms with van der Waals surface area (Å²) in [7, 11) is 0. The lowest BCUT2D eigenvalue weighted by molar-refractivity contribution is -0.121. The van der Waals surface area contributed by atoms with Gasteiger partial charge >= 0.3 is 0 Å². The Morgan fingerprint density at radius 2 is 2.13 bits per heavy atom. The fourth-order valence-corrected chi connectivity index (χ4v) is 2.50. The Morgan fingerprint density at radius 1 is 1.20 bits per heavy atom. The quantitative estimate of drug-likeness (QED) is 0.668. The first-order chi connectivity index (χ1) is 7.34. The van der Waals surface area contributed by atoms with Crippen molar-refractivity contribution in [2.75, 3.05) is 0 Å². The summed E-state index contributed by atoms with van der Waals surface area (Å²) in [4.78, 5) is 11.3. The van der Waals surface area contributed by atoms with Crippen molar-refractivity contribution in [1.29, 1.82) is 0 Å². The van der Waals surface area contributed by atoms with Crippen LogP contribution < -0.4 is 0 Å². The summed E-state index contributed by atoms with van der Waals surface area (Å²) in [6, 6.07) is 0. The van der Waals surface area contributed by atoms with Gasteiger partial charge in [0.15, 0.2) is 0 Å². The number of rotatable bonds is 2. The molecule has 0 aliphatic heterocycles. The number of Topliss-reactive ketones (excluding diaryl/α,β-unsaturated/α-hetero) is 1. The lowest BCUT2D eigenvalue weighted by atomic mass is 9.87. The fraction of sp³-hybridized carbons (Fsp3) is 0.643. The largest absolute Gasteiger partial charge is 0.300 e. The van der Waals surface area contributed by atoms with E-state index < -0.39 is 0 Å². The van der Waals surface area contributed by atoms with Gasteiger partial charge < -0.3 is 0 Å². The molecule has 0 heterocycles. The van der Waals surface area contributed by atoms with Gasteiger partial charge in [-0.05, 0) is 44.4 Å². The molecule has 2 aliphatic carbocycles. The van der Waals surface area contributed by atoms with Crippen molar-refractivity contribution in [2.24, 2.45) is 5.92 Å². The van der Waals surface area contributed by atoms with Crippen molar-refractivity contribution in [3.05, 3.63) is 23.8 Å². The third-order valence-electron chi connectivity index (χ3n) is 3.43. The highest BCUT2D eigenvalue weighted by molar-refractivity contribution is 5.79. The molecule has 1 saturated carbocycles. The fourth-order valence-electron chi connectivity index (χ4n) is 2.50. The Morgan fingerprint density at radius 3 is 2.87 bits per heavy atom. The van der Waals surface area contributed by atoms with E-state index in [-0.39, 0.29) is 0 Å². The van der Waals surface area contributed by atoms with Crippen molar-refractivity contribution in [3.8, 4) is 0 Å². The van der Waals surface area contributed by atoms with E-state index in [1.165, 1.54) is 37.7 Å². The van der Waals surface area contributed by atoms with E-state index in [4.69, 9.17) is 0 Å². The predicted molar refractivity (Wildman–Crippen MR) is 62.7 cm³/mol. The molecule has 0 radical (unpaired) electrons. The van der Waals surface area contributed by atoms with Gasteiger partial charge in [0.25, 0.3) is 0 Å². The van der Waals surface area contributed by atoms with Crippen LogP contribution in [0.5, 0.6) is 0 Å².